The molecule has 0 saturated heterocycles. The van der Waals surface area contributed by atoms with Crippen molar-refractivity contribution in [1.82, 2.24) is 0 Å². The lowest BCUT2D eigenvalue weighted by molar-refractivity contribution is -0.148. The van der Waals surface area contributed by atoms with Crippen molar-refractivity contribution in [3.8, 4) is 0 Å². The van der Waals surface area contributed by atoms with Crippen LogP contribution < -0.4 is 0 Å². The van der Waals surface area contributed by atoms with Gasteiger partial charge in [0.05, 0.1) is 6.61 Å². The van der Waals surface area contributed by atoms with Crippen LogP contribution >= 0.6 is 22.6 Å². The summed E-state index contributed by atoms with van der Waals surface area (Å²) in [6.45, 7) is 3.27. The Hall–Kier alpha value is -0.370. The number of carboxylic acid groups (broad SMARTS) is 1. The highest BCUT2D eigenvalue weighted by atomic mass is 127. The van der Waals surface area contributed by atoms with E-state index in [0.717, 1.165) is 0 Å². The zero-order valence-electron chi connectivity index (χ0n) is 8.08. The maximum Gasteiger partial charge on any atom is 0.329 e. The van der Waals surface area contributed by atoms with Gasteiger partial charge in [0.25, 0.3) is 0 Å². The highest BCUT2D eigenvalue weighted by molar-refractivity contribution is 14.1. The first-order chi connectivity index (χ1) is 6.34. The summed E-state index contributed by atoms with van der Waals surface area (Å²) in [6.07, 6.45) is 0. The molecule has 0 aromatic rings. The van der Waals surface area contributed by atoms with Gasteiger partial charge in [-0.25, -0.2) is 4.79 Å². The first-order valence-electron chi connectivity index (χ1n) is 3.99. The summed E-state index contributed by atoms with van der Waals surface area (Å²) in [7, 11) is 0. The van der Waals surface area contributed by atoms with E-state index in [-0.39, 0.29) is 25.8 Å². The first kappa shape index (κ1) is 13.6. The molecule has 0 heterocycles. The van der Waals surface area contributed by atoms with Crippen LogP contribution in [0, 0.1) is 0 Å². The highest BCUT2D eigenvalue weighted by Gasteiger charge is 2.24. The molecule has 5 nitrogen and oxygen atoms in total. The number of halogens is 1. The Balaban J connectivity index is 3.46. The minimum Gasteiger partial charge on any atom is -0.480 e. The van der Waals surface area contributed by atoms with Gasteiger partial charge >= 0.3 is 11.9 Å². The Morgan fingerprint density at radius 2 is 1.93 bits per heavy atom. The summed E-state index contributed by atoms with van der Waals surface area (Å²) in [4.78, 5) is 21.2. The molecule has 0 aromatic carbocycles. The van der Waals surface area contributed by atoms with Crippen molar-refractivity contribution in [2.75, 3.05) is 19.8 Å². The van der Waals surface area contributed by atoms with Gasteiger partial charge in [-0.1, -0.05) is 22.6 Å². The largest absolute Gasteiger partial charge is 0.480 e. The minimum atomic E-state index is -1.04. The molecular weight excluding hydrogens is 303 g/mol. The lowest BCUT2D eigenvalue weighted by Crippen LogP contribution is -2.27. The van der Waals surface area contributed by atoms with Gasteiger partial charge < -0.3 is 14.6 Å². The number of carboxylic acids is 1. The SMILES string of the molecule is CC(C)(I)C(=O)OCCOCC(=O)O. The van der Waals surface area contributed by atoms with Crippen molar-refractivity contribution in [2.45, 2.75) is 17.3 Å². The molecule has 0 unspecified atom stereocenters. The number of carbonyl (C=O) groups is 2. The Bertz CT molecular complexity index is 208. The van der Waals surface area contributed by atoms with Crippen LogP contribution in [0.3, 0.4) is 0 Å². The summed E-state index contributed by atoms with van der Waals surface area (Å²) < 4.78 is 8.94. The third kappa shape index (κ3) is 7.07. The van der Waals surface area contributed by atoms with Crippen molar-refractivity contribution in [3.63, 3.8) is 0 Å². The number of alkyl halides is 1. The van der Waals surface area contributed by atoms with Crippen LogP contribution in [-0.4, -0.2) is 40.3 Å². The Kier molecular flexibility index (Phi) is 6.01. The van der Waals surface area contributed by atoms with Crippen LogP contribution in [0.25, 0.3) is 0 Å². The highest BCUT2D eigenvalue weighted by Crippen LogP contribution is 2.17. The molecule has 0 spiro atoms. The molecule has 0 aliphatic heterocycles. The minimum absolute atomic E-state index is 0.0819. The zero-order valence-corrected chi connectivity index (χ0v) is 10.2. The fourth-order valence-corrected chi connectivity index (χ4v) is 0.680. The third-order valence-electron chi connectivity index (χ3n) is 1.17. The molecule has 0 saturated carbocycles. The van der Waals surface area contributed by atoms with E-state index < -0.39 is 9.39 Å². The molecule has 0 fully saturated rings. The monoisotopic (exact) mass is 316 g/mol. The third-order valence-corrected chi connectivity index (χ3v) is 1.61. The van der Waals surface area contributed by atoms with Gasteiger partial charge in [-0.15, -0.1) is 0 Å². The Labute approximate surface area is 95.9 Å². The summed E-state index contributed by atoms with van der Waals surface area (Å²) >= 11 is 1.96. The van der Waals surface area contributed by atoms with Gasteiger partial charge in [0.1, 0.15) is 16.6 Å². The van der Waals surface area contributed by atoms with E-state index >= 15 is 0 Å². The Morgan fingerprint density at radius 3 is 2.36 bits per heavy atom. The molecule has 1 N–H and O–H groups in total. The second-order valence-electron chi connectivity index (χ2n) is 3.05. The van der Waals surface area contributed by atoms with E-state index in [0.29, 0.717) is 0 Å². The molecule has 0 aliphatic carbocycles. The van der Waals surface area contributed by atoms with Gasteiger partial charge in [-0.2, -0.15) is 0 Å². The number of carbonyl (C=O) groups excluding carboxylic acids is 1. The quantitative estimate of drug-likeness (QED) is 0.340. The normalized spacial score (nSPS) is 11.1. The maximum absolute atomic E-state index is 11.2. The first-order valence-corrected chi connectivity index (χ1v) is 5.07. The fraction of sp³-hybridized carbons (Fsp3) is 0.750. The second-order valence-corrected chi connectivity index (χ2v) is 5.75. The topological polar surface area (TPSA) is 72.8 Å². The molecule has 6 heteroatoms. The molecule has 0 rings (SSSR count). The standard InChI is InChI=1S/C8H13IO5/c1-8(2,9)7(12)14-4-3-13-5-6(10)11/h3-5H2,1-2H3,(H,10,11). The molecule has 0 aromatic heterocycles. The number of rotatable bonds is 6. The van der Waals surface area contributed by atoms with Gasteiger partial charge in [-0.3, -0.25) is 4.79 Å². The van der Waals surface area contributed by atoms with Crippen LogP contribution in [0.4, 0.5) is 0 Å². The summed E-state index contributed by atoms with van der Waals surface area (Å²) in [5, 5.41) is 8.22. The Morgan fingerprint density at radius 1 is 1.36 bits per heavy atom. The lowest BCUT2D eigenvalue weighted by atomic mass is 10.2. The van der Waals surface area contributed by atoms with E-state index in [9.17, 15) is 9.59 Å². The van der Waals surface area contributed by atoms with Crippen LogP contribution in [0.5, 0.6) is 0 Å². The van der Waals surface area contributed by atoms with E-state index in [1.165, 1.54) is 0 Å². The number of hydrogen-bond acceptors (Lipinski definition) is 4. The van der Waals surface area contributed by atoms with Crippen LogP contribution in [0.2, 0.25) is 0 Å². The van der Waals surface area contributed by atoms with Crippen LogP contribution in [-0.2, 0) is 19.1 Å². The van der Waals surface area contributed by atoms with Crippen LogP contribution in [0.1, 0.15) is 13.8 Å². The van der Waals surface area contributed by atoms with Gasteiger partial charge in [0.15, 0.2) is 0 Å². The van der Waals surface area contributed by atoms with E-state index in [1.807, 2.05) is 22.6 Å². The van der Waals surface area contributed by atoms with Gasteiger partial charge in [0, 0.05) is 0 Å². The van der Waals surface area contributed by atoms with Crippen LogP contribution in [0.15, 0.2) is 0 Å². The average Bonchev–Trinajstić information content (AvgIpc) is 2.01. The van der Waals surface area contributed by atoms with E-state index in [1.54, 1.807) is 13.8 Å². The number of esters is 1. The van der Waals surface area contributed by atoms with Gasteiger partial charge in [-0.05, 0) is 13.8 Å². The van der Waals surface area contributed by atoms with Crippen molar-refractivity contribution in [2.24, 2.45) is 0 Å². The predicted molar refractivity (Wildman–Crippen MR) is 57.5 cm³/mol. The molecule has 0 aliphatic rings. The smallest absolute Gasteiger partial charge is 0.329 e. The number of hydrogen-bond donors (Lipinski definition) is 1. The molecular formula is C8H13IO5. The number of ether oxygens (including phenoxy) is 2. The van der Waals surface area contributed by atoms with E-state index in [4.69, 9.17) is 9.84 Å². The lowest BCUT2D eigenvalue weighted by Gasteiger charge is -2.14. The second kappa shape index (κ2) is 6.18. The van der Waals surface area contributed by atoms with Crippen molar-refractivity contribution >= 4 is 34.5 Å². The molecule has 0 radical (unpaired) electrons. The van der Waals surface area contributed by atoms with Crippen molar-refractivity contribution in [1.29, 1.82) is 0 Å². The molecule has 14 heavy (non-hydrogen) atoms. The number of aliphatic carboxylic acids is 1. The van der Waals surface area contributed by atoms with Crippen molar-refractivity contribution < 1.29 is 24.2 Å². The van der Waals surface area contributed by atoms with Crippen molar-refractivity contribution in [3.05, 3.63) is 0 Å². The van der Waals surface area contributed by atoms with E-state index in [2.05, 4.69) is 4.74 Å². The summed E-state index contributed by atoms with van der Waals surface area (Å²) in [5.74, 6) is -1.37. The maximum atomic E-state index is 11.2. The molecule has 0 amide bonds. The fourth-order valence-electron chi connectivity index (χ4n) is 0.524. The molecule has 82 valence electrons. The molecule has 0 bridgehead atoms. The average molecular weight is 316 g/mol. The molecule has 0 atom stereocenters. The summed E-state index contributed by atoms with van der Waals surface area (Å²) in [6, 6.07) is 0. The summed E-state index contributed by atoms with van der Waals surface area (Å²) in [5.41, 5.74) is 0. The predicted octanol–water partition coefficient (Wildman–Crippen LogP) is 0.844. The zero-order chi connectivity index (χ0) is 11.2. The van der Waals surface area contributed by atoms with Gasteiger partial charge in [0.2, 0.25) is 0 Å².